The zero-order valence-corrected chi connectivity index (χ0v) is 17.1. The summed E-state index contributed by atoms with van der Waals surface area (Å²) in [6.45, 7) is 0.212. The van der Waals surface area contributed by atoms with Crippen molar-refractivity contribution in [2.75, 3.05) is 5.32 Å². The van der Waals surface area contributed by atoms with Gasteiger partial charge >= 0.3 is 0 Å². The van der Waals surface area contributed by atoms with Gasteiger partial charge < -0.3 is 15.2 Å². The third-order valence-electron chi connectivity index (χ3n) is 4.10. The third kappa shape index (κ3) is 5.54. The second-order valence-corrected chi connectivity index (χ2v) is 7.08. The zero-order chi connectivity index (χ0) is 21.5. The van der Waals surface area contributed by atoms with E-state index in [0.29, 0.717) is 27.0 Å². The van der Waals surface area contributed by atoms with Crippen LogP contribution in [0.2, 0.25) is 10.0 Å². The number of ether oxygens (including phenoxy) is 1. The first-order valence-corrected chi connectivity index (χ1v) is 9.60. The van der Waals surface area contributed by atoms with Crippen LogP contribution in [0, 0.1) is 11.3 Å². The first-order chi connectivity index (χ1) is 14.5. The largest absolute Gasteiger partial charge is 0.508 e. The third-order valence-corrected chi connectivity index (χ3v) is 4.71. The molecule has 0 saturated heterocycles. The summed E-state index contributed by atoms with van der Waals surface area (Å²) in [5.41, 5.74) is 1.59. The van der Waals surface area contributed by atoms with Crippen LogP contribution in [0.1, 0.15) is 11.1 Å². The van der Waals surface area contributed by atoms with Crippen LogP contribution in [-0.4, -0.2) is 11.0 Å². The van der Waals surface area contributed by atoms with Crippen molar-refractivity contribution in [2.45, 2.75) is 6.61 Å². The van der Waals surface area contributed by atoms with E-state index in [1.807, 2.05) is 24.3 Å². The molecule has 0 aromatic heterocycles. The summed E-state index contributed by atoms with van der Waals surface area (Å²) in [6, 6.07) is 20.0. The lowest BCUT2D eigenvalue weighted by Crippen LogP contribution is -2.13. The molecule has 0 aliphatic heterocycles. The van der Waals surface area contributed by atoms with Crippen LogP contribution in [-0.2, 0) is 11.4 Å². The normalized spacial score (nSPS) is 10.9. The number of nitriles is 1. The minimum atomic E-state index is -0.597. The highest BCUT2D eigenvalue weighted by Gasteiger charge is 2.12. The molecule has 0 unspecified atom stereocenters. The van der Waals surface area contributed by atoms with Crippen LogP contribution in [0.4, 0.5) is 5.69 Å². The van der Waals surface area contributed by atoms with Gasteiger partial charge in [-0.3, -0.25) is 4.79 Å². The minimum absolute atomic E-state index is 0.0725. The molecule has 0 aliphatic carbocycles. The number of halogens is 2. The van der Waals surface area contributed by atoms with Crippen molar-refractivity contribution in [2.24, 2.45) is 0 Å². The van der Waals surface area contributed by atoms with Gasteiger partial charge in [-0.15, -0.1) is 0 Å². The molecule has 2 N–H and O–H groups in total. The molecule has 3 aromatic carbocycles. The number of aromatic hydroxyl groups is 1. The van der Waals surface area contributed by atoms with Crippen molar-refractivity contribution in [3.05, 3.63) is 93.5 Å². The number of rotatable bonds is 6. The van der Waals surface area contributed by atoms with Gasteiger partial charge in [0.15, 0.2) is 0 Å². The Morgan fingerprint density at radius 1 is 1.10 bits per heavy atom. The number of anilines is 1. The monoisotopic (exact) mass is 438 g/mol. The number of hydrogen-bond donors (Lipinski definition) is 2. The lowest BCUT2D eigenvalue weighted by molar-refractivity contribution is -0.112. The van der Waals surface area contributed by atoms with Crippen LogP contribution in [0.25, 0.3) is 6.08 Å². The van der Waals surface area contributed by atoms with E-state index < -0.39 is 5.91 Å². The van der Waals surface area contributed by atoms with Crippen molar-refractivity contribution >= 4 is 40.9 Å². The molecule has 0 fully saturated rings. The molecular formula is C23H16Cl2N2O3. The van der Waals surface area contributed by atoms with Crippen molar-refractivity contribution in [1.82, 2.24) is 0 Å². The highest BCUT2D eigenvalue weighted by atomic mass is 35.5. The Balaban J connectivity index is 1.83. The standard InChI is InChI=1S/C23H16Cl2N2O3/c24-18-5-10-22(30-14-15-3-1-2-4-21(15)25)16(12-18)11-17(13-26)23(29)27-19-6-8-20(28)9-7-19/h1-12,28H,14H2,(H,27,29)/b17-11+. The Morgan fingerprint density at radius 2 is 1.83 bits per heavy atom. The molecule has 0 aliphatic rings. The first-order valence-electron chi connectivity index (χ1n) is 8.84. The quantitative estimate of drug-likeness (QED) is 0.288. The maximum atomic E-state index is 12.5. The smallest absolute Gasteiger partial charge is 0.266 e. The van der Waals surface area contributed by atoms with Crippen molar-refractivity contribution in [3.63, 3.8) is 0 Å². The number of nitrogens with zero attached hydrogens (tertiary/aromatic N) is 1. The van der Waals surface area contributed by atoms with E-state index >= 15 is 0 Å². The maximum absolute atomic E-state index is 12.5. The zero-order valence-electron chi connectivity index (χ0n) is 15.6. The number of nitrogens with one attached hydrogen (secondary N) is 1. The molecular weight excluding hydrogens is 423 g/mol. The Bertz CT molecular complexity index is 1140. The Hall–Kier alpha value is -3.46. The van der Waals surface area contributed by atoms with E-state index in [1.165, 1.54) is 30.3 Å². The van der Waals surface area contributed by atoms with Crippen LogP contribution in [0.15, 0.2) is 72.3 Å². The minimum Gasteiger partial charge on any atom is -0.508 e. The van der Waals surface area contributed by atoms with Crippen LogP contribution in [0.3, 0.4) is 0 Å². The average Bonchev–Trinajstić information content (AvgIpc) is 2.74. The van der Waals surface area contributed by atoms with E-state index in [4.69, 9.17) is 27.9 Å². The van der Waals surface area contributed by atoms with Crippen molar-refractivity contribution in [1.29, 1.82) is 5.26 Å². The Kier molecular flexibility index (Phi) is 6.97. The number of carbonyl (C=O) groups is 1. The molecule has 0 bridgehead atoms. The number of amides is 1. The maximum Gasteiger partial charge on any atom is 0.266 e. The molecule has 30 heavy (non-hydrogen) atoms. The highest BCUT2D eigenvalue weighted by molar-refractivity contribution is 6.31. The fourth-order valence-corrected chi connectivity index (χ4v) is 2.95. The summed E-state index contributed by atoms with van der Waals surface area (Å²) >= 11 is 12.3. The van der Waals surface area contributed by atoms with E-state index in [-0.39, 0.29) is 17.9 Å². The summed E-state index contributed by atoms with van der Waals surface area (Å²) in [5, 5.41) is 22.4. The average molecular weight is 439 g/mol. The summed E-state index contributed by atoms with van der Waals surface area (Å²) in [7, 11) is 0. The van der Waals surface area contributed by atoms with Gasteiger partial charge in [0.05, 0.1) is 0 Å². The molecule has 0 radical (unpaired) electrons. The SMILES string of the molecule is N#C/C(=C\c1cc(Cl)ccc1OCc1ccccc1Cl)C(=O)Nc1ccc(O)cc1. The summed E-state index contributed by atoms with van der Waals surface area (Å²) in [6.07, 6.45) is 1.41. The van der Waals surface area contributed by atoms with Crippen LogP contribution < -0.4 is 10.1 Å². The van der Waals surface area contributed by atoms with Gasteiger partial charge in [-0.05, 0) is 54.6 Å². The fourth-order valence-electron chi connectivity index (χ4n) is 2.58. The molecule has 7 heteroatoms. The van der Waals surface area contributed by atoms with Gasteiger partial charge in [0.1, 0.15) is 29.7 Å². The molecule has 0 spiro atoms. The summed E-state index contributed by atoms with van der Waals surface area (Å²) in [5.74, 6) is -0.0759. The van der Waals surface area contributed by atoms with Crippen molar-refractivity contribution < 1.29 is 14.6 Å². The van der Waals surface area contributed by atoms with E-state index in [0.717, 1.165) is 5.56 Å². The Labute approximate surface area is 183 Å². The molecule has 1 amide bonds. The lowest BCUT2D eigenvalue weighted by atomic mass is 10.1. The second kappa shape index (κ2) is 9.84. The molecule has 3 aromatic rings. The molecule has 150 valence electrons. The van der Waals surface area contributed by atoms with E-state index in [2.05, 4.69) is 5.32 Å². The molecule has 5 nitrogen and oxygen atoms in total. The number of phenolic OH excluding ortho intramolecular Hbond substituents is 1. The van der Waals surface area contributed by atoms with Gasteiger partial charge in [-0.25, -0.2) is 0 Å². The Morgan fingerprint density at radius 3 is 2.53 bits per heavy atom. The van der Waals surface area contributed by atoms with Gasteiger partial charge in [0.2, 0.25) is 0 Å². The number of carbonyl (C=O) groups excluding carboxylic acids is 1. The highest BCUT2D eigenvalue weighted by Crippen LogP contribution is 2.27. The number of phenols is 1. The lowest BCUT2D eigenvalue weighted by Gasteiger charge is -2.11. The van der Waals surface area contributed by atoms with Gasteiger partial charge in [-0.1, -0.05) is 41.4 Å². The predicted octanol–water partition coefficient (Wildman–Crippen LogP) is 5.82. The number of hydrogen-bond acceptors (Lipinski definition) is 4. The van der Waals surface area contributed by atoms with E-state index in [1.54, 1.807) is 24.3 Å². The van der Waals surface area contributed by atoms with E-state index in [9.17, 15) is 15.2 Å². The first kappa shape index (κ1) is 21.3. The fraction of sp³-hybridized carbons (Fsp3) is 0.0435. The van der Waals surface area contributed by atoms with Gasteiger partial charge in [0.25, 0.3) is 5.91 Å². The second-order valence-electron chi connectivity index (χ2n) is 6.23. The molecule has 0 heterocycles. The summed E-state index contributed by atoms with van der Waals surface area (Å²) < 4.78 is 5.86. The van der Waals surface area contributed by atoms with Crippen LogP contribution in [0.5, 0.6) is 11.5 Å². The van der Waals surface area contributed by atoms with Gasteiger partial charge in [-0.2, -0.15) is 5.26 Å². The topological polar surface area (TPSA) is 82.3 Å². The predicted molar refractivity (Wildman–Crippen MR) is 118 cm³/mol. The molecule has 3 rings (SSSR count). The van der Waals surface area contributed by atoms with Crippen LogP contribution >= 0.6 is 23.2 Å². The van der Waals surface area contributed by atoms with Gasteiger partial charge in [0, 0.05) is 26.9 Å². The summed E-state index contributed by atoms with van der Waals surface area (Å²) in [4.78, 5) is 12.5. The molecule has 0 saturated carbocycles. The molecule has 0 atom stereocenters. The number of benzene rings is 3. The van der Waals surface area contributed by atoms with Crippen molar-refractivity contribution in [3.8, 4) is 17.6 Å².